The van der Waals surface area contributed by atoms with E-state index < -0.39 is 0 Å². The summed E-state index contributed by atoms with van der Waals surface area (Å²) in [5, 5.41) is 2.80. The van der Waals surface area contributed by atoms with E-state index in [2.05, 4.69) is 12.2 Å². The Bertz CT molecular complexity index is 467. The standard InChI is InChI=1S/C16H23NO3/c1-5-10-20-14-8-6-13(11-15(14)19-4)7-9-16(18)17-12(2)3/h6-9,11-12H,5,10H2,1-4H3,(H,17,18). The molecule has 0 spiro atoms. The zero-order chi connectivity index (χ0) is 15.0. The summed E-state index contributed by atoms with van der Waals surface area (Å²) in [4.78, 5) is 11.5. The molecule has 0 aliphatic carbocycles. The minimum atomic E-state index is -0.106. The van der Waals surface area contributed by atoms with Crippen LogP contribution in [0.1, 0.15) is 32.8 Å². The predicted molar refractivity (Wildman–Crippen MR) is 81.1 cm³/mol. The summed E-state index contributed by atoms with van der Waals surface area (Å²) in [6.07, 6.45) is 4.21. The maximum atomic E-state index is 11.5. The first-order chi connectivity index (χ1) is 9.56. The van der Waals surface area contributed by atoms with E-state index in [1.807, 2.05) is 32.0 Å². The minimum absolute atomic E-state index is 0.106. The Kier molecular flexibility index (Phi) is 6.64. The van der Waals surface area contributed by atoms with E-state index in [0.717, 1.165) is 17.7 Å². The van der Waals surface area contributed by atoms with E-state index in [-0.39, 0.29) is 11.9 Å². The summed E-state index contributed by atoms with van der Waals surface area (Å²) in [5.74, 6) is 1.29. The maximum Gasteiger partial charge on any atom is 0.244 e. The lowest BCUT2D eigenvalue weighted by Gasteiger charge is -2.10. The second-order valence-electron chi connectivity index (χ2n) is 4.76. The van der Waals surface area contributed by atoms with Crippen molar-refractivity contribution in [2.45, 2.75) is 33.2 Å². The molecular weight excluding hydrogens is 254 g/mol. The Morgan fingerprint density at radius 2 is 2.10 bits per heavy atom. The van der Waals surface area contributed by atoms with Gasteiger partial charge in [0, 0.05) is 12.1 Å². The number of hydrogen-bond acceptors (Lipinski definition) is 3. The molecule has 1 aromatic carbocycles. The van der Waals surface area contributed by atoms with Crippen molar-refractivity contribution >= 4 is 12.0 Å². The summed E-state index contributed by atoms with van der Waals surface area (Å²) < 4.78 is 10.9. The Balaban J connectivity index is 2.77. The molecule has 0 aliphatic rings. The van der Waals surface area contributed by atoms with Crippen LogP contribution in [0.15, 0.2) is 24.3 Å². The molecule has 20 heavy (non-hydrogen) atoms. The van der Waals surface area contributed by atoms with E-state index in [9.17, 15) is 4.79 Å². The van der Waals surface area contributed by atoms with Crippen molar-refractivity contribution < 1.29 is 14.3 Å². The molecular formula is C16H23NO3. The molecule has 4 nitrogen and oxygen atoms in total. The summed E-state index contributed by atoms with van der Waals surface area (Å²) in [6.45, 7) is 6.56. The third-order valence-corrected chi connectivity index (χ3v) is 2.51. The molecule has 1 rings (SSSR count). The van der Waals surface area contributed by atoms with Crippen LogP contribution in [-0.4, -0.2) is 25.7 Å². The first-order valence-electron chi connectivity index (χ1n) is 6.86. The summed E-state index contributed by atoms with van der Waals surface area (Å²) in [5.41, 5.74) is 0.893. The number of nitrogens with one attached hydrogen (secondary N) is 1. The highest BCUT2D eigenvalue weighted by Crippen LogP contribution is 2.28. The van der Waals surface area contributed by atoms with Crippen LogP contribution in [-0.2, 0) is 4.79 Å². The van der Waals surface area contributed by atoms with Crippen molar-refractivity contribution in [1.82, 2.24) is 5.32 Å². The highest BCUT2D eigenvalue weighted by molar-refractivity contribution is 5.91. The molecule has 4 heteroatoms. The highest BCUT2D eigenvalue weighted by Gasteiger charge is 2.04. The average Bonchev–Trinajstić information content (AvgIpc) is 2.42. The third-order valence-electron chi connectivity index (χ3n) is 2.51. The summed E-state index contributed by atoms with van der Waals surface area (Å²) in [7, 11) is 1.60. The van der Waals surface area contributed by atoms with Gasteiger partial charge in [0.15, 0.2) is 11.5 Å². The molecule has 0 unspecified atom stereocenters. The van der Waals surface area contributed by atoms with Crippen LogP contribution in [0.25, 0.3) is 6.08 Å². The monoisotopic (exact) mass is 277 g/mol. The number of benzene rings is 1. The topological polar surface area (TPSA) is 47.6 Å². The highest BCUT2D eigenvalue weighted by atomic mass is 16.5. The molecule has 1 amide bonds. The molecule has 0 saturated heterocycles. The van der Waals surface area contributed by atoms with Gasteiger partial charge in [-0.05, 0) is 44.0 Å². The van der Waals surface area contributed by atoms with Crippen LogP contribution in [0.4, 0.5) is 0 Å². The average molecular weight is 277 g/mol. The quantitative estimate of drug-likeness (QED) is 0.779. The Labute approximate surface area is 120 Å². The Morgan fingerprint density at radius 3 is 2.70 bits per heavy atom. The van der Waals surface area contributed by atoms with Crippen LogP contribution in [0.5, 0.6) is 11.5 Å². The van der Waals surface area contributed by atoms with Crippen LogP contribution in [0, 0.1) is 0 Å². The molecule has 1 N–H and O–H groups in total. The van der Waals surface area contributed by atoms with Gasteiger partial charge < -0.3 is 14.8 Å². The zero-order valence-corrected chi connectivity index (χ0v) is 12.6. The lowest BCUT2D eigenvalue weighted by atomic mass is 10.2. The van der Waals surface area contributed by atoms with Crippen molar-refractivity contribution in [3.8, 4) is 11.5 Å². The minimum Gasteiger partial charge on any atom is -0.493 e. The van der Waals surface area contributed by atoms with Crippen LogP contribution < -0.4 is 14.8 Å². The number of carbonyl (C=O) groups is 1. The van der Waals surface area contributed by atoms with E-state index in [1.54, 1.807) is 13.2 Å². The van der Waals surface area contributed by atoms with Crippen molar-refractivity contribution in [3.63, 3.8) is 0 Å². The molecule has 0 atom stereocenters. The molecule has 0 heterocycles. The number of ether oxygens (including phenoxy) is 2. The second kappa shape index (κ2) is 8.25. The number of amides is 1. The van der Waals surface area contributed by atoms with Gasteiger partial charge in [-0.1, -0.05) is 13.0 Å². The first-order valence-corrected chi connectivity index (χ1v) is 6.86. The van der Waals surface area contributed by atoms with Gasteiger partial charge in [-0.15, -0.1) is 0 Å². The number of carbonyl (C=O) groups excluding carboxylic acids is 1. The van der Waals surface area contributed by atoms with Gasteiger partial charge in [-0.25, -0.2) is 0 Å². The third kappa shape index (κ3) is 5.34. The lowest BCUT2D eigenvalue weighted by molar-refractivity contribution is -0.116. The van der Waals surface area contributed by atoms with E-state index in [4.69, 9.17) is 9.47 Å². The smallest absolute Gasteiger partial charge is 0.244 e. The van der Waals surface area contributed by atoms with E-state index >= 15 is 0 Å². The van der Waals surface area contributed by atoms with Gasteiger partial charge in [0.25, 0.3) is 0 Å². The van der Waals surface area contributed by atoms with Crippen molar-refractivity contribution in [2.24, 2.45) is 0 Å². The largest absolute Gasteiger partial charge is 0.493 e. The van der Waals surface area contributed by atoms with Crippen LogP contribution in [0.3, 0.4) is 0 Å². The van der Waals surface area contributed by atoms with Gasteiger partial charge in [0.05, 0.1) is 13.7 Å². The Hall–Kier alpha value is -1.97. The molecule has 0 radical (unpaired) electrons. The molecule has 0 saturated carbocycles. The van der Waals surface area contributed by atoms with Crippen molar-refractivity contribution in [1.29, 1.82) is 0 Å². The van der Waals surface area contributed by atoms with Crippen molar-refractivity contribution in [3.05, 3.63) is 29.8 Å². The van der Waals surface area contributed by atoms with Gasteiger partial charge in [-0.2, -0.15) is 0 Å². The number of hydrogen-bond donors (Lipinski definition) is 1. The van der Waals surface area contributed by atoms with Gasteiger partial charge in [0.1, 0.15) is 0 Å². The molecule has 1 aromatic rings. The van der Waals surface area contributed by atoms with Crippen LogP contribution >= 0.6 is 0 Å². The molecule has 0 fully saturated rings. The molecule has 0 bridgehead atoms. The maximum absolute atomic E-state index is 11.5. The molecule has 110 valence electrons. The zero-order valence-electron chi connectivity index (χ0n) is 12.6. The molecule has 0 aromatic heterocycles. The van der Waals surface area contributed by atoms with Crippen molar-refractivity contribution in [2.75, 3.05) is 13.7 Å². The molecule has 0 aliphatic heterocycles. The van der Waals surface area contributed by atoms with Gasteiger partial charge in [0.2, 0.25) is 5.91 Å². The Morgan fingerprint density at radius 1 is 1.35 bits per heavy atom. The van der Waals surface area contributed by atoms with Gasteiger partial charge in [-0.3, -0.25) is 4.79 Å². The normalized spacial score (nSPS) is 10.8. The second-order valence-corrected chi connectivity index (χ2v) is 4.76. The summed E-state index contributed by atoms with van der Waals surface area (Å²) >= 11 is 0. The fourth-order valence-electron chi connectivity index (χ4n) is 1.62. The summed E-state index contributed by atoms with van der Waals surface area (Å²) in [6, 6.07) is 5.73. The lowest BCUT2D eigenvalue weighted by Crippen LogP contribution is -2.28. The fourth-order valence-corrected chi connectivity index (χ4v) is 1.62. The number of methoxy groups -OCH3 is 1. The number of rotatable bonds is 7. The predicted octanol–water partition coefficient (Wildman–Crippen LogP) is 3.02. The van der Waals surface area contributed by atoms with Gasteiger partial charge >= 0.3 is 0 Å². The SMILES string of the molecule is CCCOc1ccc(C=CC(=O)NC(C)C)cc1OC. The first kappa shape index (κ1) is 16.1. The van der Waals surface area contributed by atoms with E-state index in [1.165, 1.54) is 6.08 Å². The fraction of sp³-hybridized carbons (Fsp3) is 0.438. The van der Waals surface area contributed by atoms with Crippen LogP contribution in [0.2, 0.25) is 0 Å². The van der Waals surface area contributed by atoms with E-state index in [0.29, 0.717) is 12.4 Å².